The van der Waals surface area contributed by atoms with Gasteiger partial charge in [-0.05, 0) is 32.2 Å². The molecule has 21 heavy (non-hydrogen) atoms. The quantitative estimate of drug-likeness (QED) is 0.922. The highest BCUT2D eigenvalue weighted by atomic mass is 16.6. The van der Waals surface area contributed by atoms with Gasteiger partial charge in [0.1, 0.15) is 0 Å². The second-order valence-electron chi connectivity index (χ2n) is 6.43. The van der Waals surface area contributed by atoms with Gasteiger partial charge in [0.2, 0.25) is 0 Å². The van der Waals surface area contributed by atoms with Crippen LogP contribution in [0, 0.1) is 12.8 Å². The highest BCUT2D eigenvalue weighted by molar-refractivity contribution is 5.22. The van der Waals surface area contributed by atoms with Crippen molar-refractivity contribution in [1.82, 2.24) is 15.1 Å². The molecule has 0 radical (unpaired) electrons. The topological polar surface area (TPSA) is 48.3 Å². The van der Waals surface area contributed by atoms with E-state index in [1.54, 1.807) is 0 Å². The van der Waals surface area contributed by atoms with Crippen LogP contribution in [0.25, 0.3) is 0 Å². The third kappa shape index (κ3) is 2.87. The Morgan fingerprint density at radius 3 is 3.00 bits per heavy atom. The van der Waals surface area contributed by atoms with Crippen LogP contribution in [0.1, 0.15) is 43.5 Å². The Bertz CT molecular complexity index is 480. The third-order valence-electron chi connectivity index (χ3n) is 5.10. The predicted octanol–water partition coefficient (Wildman–Crippen LogP) is 1.96. The highest BCUT2D eigenvalue weighted by Gasteiger charge is 2.43. The van der Waals surface area contributed by atoms with E-state index in [-0.39, 0.29) is 5.60 Å². The van der Waals surface area contributed by atoms with Crippen molar-refractivity contribution < 1.29 is 9.47 Å². The molecule has 2 fully saturated rings. The summed E-state index contributed by atoms with van der Waals surface area (Å²) in [5.74, 6) is 0.586. The fourth-order valence-corrected chi connectivity index (χ4v) is 3.78. The van der Waals surface area contributed by atoms with Gasteiger partial charge < -0.3 is 14.8 Å². The molecule has 5 nitrogen and oxygen atoms in total. The zero-order valence-corrected chi connectivity index (χ0v) is 13.4. The van der Waals surface area contributed by atoms with Gasteiger partial charge in [0.15, 0.2) is 0 Å². The summed E-state index contributed by atoms with van der Waals surface area (Å²) >= 11 is 0. The van der Waals surface area contributed by atoms with Crippen LogP contribution in [0.3, 0.4) is 0 Å². The smallest absolute Gasteiger partial charge is 0.0940 e. The van der Waals surface area contributed by atoms with E-state index in [4.69, 9.17) is 9.47 Å². The maximum absolute atomic E-state index is 6.08. The van der Waals surface area contributed by atoms with Gasteiger partial charge in [-0.3, -0.25) is 4.68 Å². The number of hydrogen-bond acceptors (Lipinski definition) is 4. The summed E-state index contributed by atoms with van der Waals surface area (Å²) < 4.78 is 13.6. The zero-order chi connectivity index (χ0) is 14.9. The number of hydrogen-bond donors (Lipinski definition) is 1. The molecule has 0 aromatic carbocycles. The first-order valence-corrected chi connectivity index (χ1v) is 8.09. The second-order valence-corrected chi connectivity index (χ2v) is 6.43. The van der Waals surface area contributed by atoms with E-state index in [1.165, 1.54) is 11.3 Å². The third-order valence-corrected chi connectivity index (χ3v) is 5.10. The van der Waals surface area contributed by atoms with Crippen LogP contribution in [0.4, 0.5) is 0 Å². The van der Waals surface area contributed by atoms with Gasteiger partial charge in [0.25, 0.3) is 0 Å². The number of aryl methyl sites for hydroxylation is 1. The van der Waals surface area contributed by atoms with Crippen molar-refractivity contribution in [1.29, 1.82) is 0 Å². The molecule has 1 N–H and O–H groups in total. The Balaban J connectivity index is 1.81. The summed E-state index contributed by atoms with van der Waals surface area (Å²) in [5, 5.41) is 8.10. The molecule has 2 saturated heterocycles. The lowest BCUT2D eigenvalue weighted by molar-refractivity contribution is -0.103. The van der Waals surface area contributed by atoms with E-state index in [1.807, 2.05) is 17.9 Å². The van der Waals surface area contributed by atoms with Gasteiger partial charge in [0.05, 0.1) is 18.4 Å². The Kier molecular flexibility index (Phi) is 4.33. The predicted molar refractivity (Wildman–Crippen MR) is 81.2 cm³/mol. The van der Waals surface area contributed by atoms with Gasteiger partial charge >= 0.3 is 0 Å². The van der Waals surface area contributed by atoms with Crippen molar-refractivity contribution in [2.24, 2.45) is 13.0 Å². The standard InChI is InChI=1S/C16H27N3O2/c1-4-17-15(14-10-18-19(3)12(14)2)13-5-7-21-16(9-13)6-8-20-11-16/h10,13,15,17H,4-9,11H2,1-3H3. The van der Waals surface area contributed by atoms with Gasteiger partial charge in [-0.25, -0.2) is 0 Å². The molecule has 1 aromatic rings. The lowest BCUT2D eigenvalue weighted by atomic mass is 9.79. The first-order chi connectivity index (χ1) is 10.2. The van der Waals surface area contributed by atoms with E-state index < -0.39 is 0 Å². The number of ether oxygens (including phenoxy) is 2. The van der Waals surface area contributed by atoms with Crippen LogP contribution in [0.2, 0.25) is 0 Å². The molecule has 118 valence electrons. The van der Waals surface area contributed by atoms with Gasteiger partial charge in [-0.1, -0.05) is 6.92 Å². The molecule has 0 aliphatic carbocycles. The fraction of sp³-hybridized carbons (Fsp3) is 0.812. The minimum atomic E-state index is -0.0350. The Morgan fingerprint density at radius 2 is 2.38 bits per heavy atom. The van der Waals surface area contributed by atoms with Crippen LogP contribution in [0.5, 0.6) is 0 Å². The summed E-state index contributed by atoms with van der Waals surface area (Å²) in [6.45, 7) is 7.74. The maximum atomic E-state index is 6.08. The molecule has 3 heterocycles. The molecule has 0 saturated carbocycles. The molecule has 3 rings (SSSR count). The second kappa shape index (κ2) is 6.07. The molecule has 0 amide bonds. The average molecular weight is 293 g/mol. The first-order valence-electron chi connectivity index (χ1n) is 8.09. The number of rotatable bonds is 4. The lowest BCUT2D eigenvalue weighted by Crippen LogP contribution is -2.44. The van der Waals surface area contributed by atoms with Gasteiger partial charge in [-0.2, -0.15) is 5.10 Å². The van der Waals surface area contributed by atoms with E-state index in [0.29, 0.717) is 12.0 Å². The summed E-state index contributed by atoms with van der Waals surface area (Å²) in [4.78, 5) is 0. The molecular formula is C16H27N3O2. The monoisotopic (exact) mass is 293 g/mol. The minimum absolute atomic E-state index is 0.0350. The van der Waals surface area contributed by atoms with Crippen LogP contribution in [0.15, 0.2) is 6.20 Å². The lowest BCUT2D eigenvalue weighted by Gasteiger charge is -2.40. The van der Waals surface area contributed by atoms with E-state index in [0.717, 1.165) is 45.6 Å². The van der Waals surface area contributed by atoms with Gasteiger partial charge in [-0.15, -0.1) is 0 Å². The average Bonchev–Trinajstić information content (AvgIpc) is 3.06. The molecule has 5 heteroatoms. The van der Waals surface area contributed by atoms with Crippen LogP contribution < -0.4 is 5.32 Å². The molecule has 2 aliphatic heterocycles. The largest absolute Gasteiger partial charge is 0.378 e. The number of nitrogens with zero attached hydrogens (tertiary/aromatic N) is 2. The van der Waals surface area contributed by atoms with Crippen molar-refractivity contribution >= 4 is 0 Å². The Morgan fingerprint density at radius 1 is 1.52 bits per heavy atom. The van der Waals surface area contributed by atoms with E-state index in [9.17, 15) is 0 Å². The fourth-order valence-electron chi connectivity index (χ4n) is 3.78. The van der Waals surface area contributed by atoms with E-state index >= 15 is 0 Å². The van der Waals surface area contributed by atoms with Crippen LogP contribution in [-0.2, 0) is 16.5 Å². The zero-order valence-electron chi connectivity index (χ0n) is 13.4. The van der Waals surface area contributed by atoms with Crippen molar-refractivity contribution in [3.05, 3.63) is 17.5 Å². The maximum Gasteiger partial charge on any atom is 0.0940 e. The number of nitrogens with one attached hydrogen (secondary N) is 1. The summed E-state index contributed by atoms with van der Waals surface area (Å²) in [6, 6.07) is 0.366. The van der Waals surface area contributed by atoms with Crippen LogP contribution >= 0.6 is 0 Å². The highest BCUT2D eigenvalue weighted by Crippen LogP contribution is 2.41. The molecule has 3 unspecified atom stereocenters. The molecular weight excluding hydrogens is 266 g/mol. The SMILES string of the molecule is CCNC(c1cnn(C)c1C)C1CCOC2(CCOC2)C1. The summed E-state index contributed by atoms with van der Waals surface area (Å²) in [6.07, 6.45) is 5.25. The van der Waals surface area contributed by atoms with Crippen molar-refractivity contribution in [2.45, 2.75) is 44.8 Å². The molecule has 2 aliphatic rings. The molecule has 3 atom stereocenters. The van der Waals surface area contributed by atoms with Crippen LogP contribution in [-0.4, -0.2) is 41.7 Å². The molecule has 1 aromatic heterocycles. The van der Waals surface area contributed by atoms with Gasteiger partial charge in [0, 0.05) is 44.0 Å². The minimum Gasteiger partial charge on any atom is -0.378 e. The number of aromatic nitrogens is 2. The summed E-state index contributed by atoms with van der Waals surface area (Å²) in [7, 11) is 2.01. The van der Waals surface area contributed by atoms with Crippen molar-refractivity contribution in [2.75, 3.05) is 26.4 Å². The van der Waals surface area contributed by atoms with Crippen molar-refractivity contribution in [3.63, 3.8) is 0 Å². The molecule has 0 bridgehead atoms. The Labute approximate surface area is 127 Å². The summed E-state index contributed by atoms with van der Waals surface area (Å²) in [5.41, 5.74) is 2.55. The Hall–Kier alpha value is -0.910. The normalized spacial score (nSPS) is 30.9. The molecule has 1 spiro atoms. The van der Waals surface area contributed by atoms with Crippen molar-refractivity contribution in [3.8, 4) is 0 Å². The first kappa shape index (κ1) is 15.0. The van der Waals surface area contributed by atoms with E-state index in [2.05, 4.69) is 24.3 Å².